The fraction of sp³-hybridized carbons (Fsp3) is 0.941. The minimum absolute atomic E-state index is 0.118. The number of nitriles is 1. The smallest absolute Gasteiger partial charge is 0.0879 e. The van der Waals surface area contributed by atoms with E-state index < -0.39 is 11.0 Å². The molecule has 0 aromatic heterocycles. The number of ether oxygens (including phenoxy) is 1. The molecule has 20 heavy (non-hydrogen) atoms. The lowest BCUT2D eigenvalue weighted by atomic mass is 9.59. The molecule has 2 aliphatic rings. The van der Waals surface area contributed by atoms with Gasteiger partial charge in [0.15, 0.2) is 0 Å². The molecule has 2 atom stereocenters. The quantitative estimate of drug-likeness (QED) is 0.851. The maximum absolute atomic E-state index is 11.2. The van der Waals surface area contributed by atoms with E-state index in [1.54, 1.807) is 0 Å². The van der Waals surface area contributed by atoms with Crippen molar-refractivity contribution >= 4 is 0 Å². The molecule has 0 radical (unpaired) electrons. The van der Waals surface area contributed by atoms with E-state index in [2.05, 4.69) is 19.9 Å². The van der Waals surface area contributed by atoms with Crippen LogP contribution >= 0.6 is 0 Å². The Balaban J connectivity index is 2.09. The first-order valence-corrected chi connectivity index (χ1v) is 8.34. The molecule has 1 heterocycles. The van der Waals surface area contributed by atoms with E-state index in [0.717, 1.165) is 38.0 Å². The Morgan fingerprint density at radius 3 is 2.50 bits per heavy atom. The van der Waals surface area contributed by atoms with Gasteiger partial charge in [0.25, 0.3) is 0 Å². The summed E-state index contributed by atoms with van der Waals surface area (Å²) in [5.41, 5.74) is -1.37. The molecule has 0 amide bonds. The molecule has 1 saturated heterocycles. The molecular weight excluding hydrogens is 250 g/mol. The fourth-order valence-electron chi connectivity index (χ4n) is 4.18. The Kier molecular flexibility index (Phi) is 5.09. The molecule has 1 aliphatic heterocycles. The van der Waals surface area contributed by atoms with Gasteiger partial charge in [0.05, 0.1) is 23.2 Å². The topological polar surface area (TPSA) is 53.2 Å². The predicted octanol–water partition coefficient (Wildman–Crippen LogP) is 3.81. The van der Waals surface area contributed by atoms with E-state index in [9.17, 15) is 10.4 Å². The summed E-state index contributed by atoms with van der Waals surface area (Å²) in [6.45, 7) is 4.91. The van der Waals surface area contributed by atoms with Crippen molar-refractivity contribution in [3.05, 3.63) is 0 Å². The van der Waals surface area contributed by atoms with Crippen molar-refractivity contribution in [2.75, 3.05) is 6.61 Å². The van der Waals surface area contributed by atoms with Gasteiger partial charge >= 0.3 is 0 Å². The Morgan fingerprint density at radius 2 is 1.95 bits per heavy atom. The second-order valence-electron chi connectivity index (χ2n) is 6.81. The zero-order valence-corrected chi connectivity index (χ0v) is 13.0. The Hall–Kier alpha value is -0.590. The van der Waals surface area contributed by atoms with Crippen LogP contribution < -0.4 is 0 Å². The molecule has 0 spiro atoms. The third-order valence-corrected chi connectivity index (χ3v) is 5.65. The highest BCUT2D eigenvalue weighted by atomic mass is 16.5. The van der Waals surface area contributed by atoms with Crippen LogP contribution in [0, 0.1) is 22.7 Å². The van der Waals surface area contributed by atoms with Crippen molar-refractivity contribution in [3.8, 4) is 6.07 Å². The van der Waals surface area contributed by atoms with E-state index >= 15 is 0 Å². The molecule has 3 nitrogen and oxygen atoms in total. The van der Waals surface area contributed by atoms with E-state index in [4.69, 9.17) is 4.74 Å². The van der Waals surface area contributed by atoms with Crippen molar-refractivity contribution in [2.24, 2.45) is 11.3 Å². The van der Waals surface area contributed by atoms with Crippen LogP contribution in [0.25, 0.3) is 0 Å². The molecule has 0 aromatic carbocycles. The summed E-state index contributed by atoms with van der Waals surface area (Å²) in [5, 5.41) is 20.9. The van der Waals surface area contributed by atoms with Crippen LogP contribution in [0.5, 0.6) is 0 Å². The van der Waals surface area contributed by atoms with Crippen LogP contribution in [-0.2, 0) is 4.74 Å². The zero-order valence-electron chi connectivity index (χ0n) is 13.0. The molecule has 1 N–H and O–H groups in total. The van der Waals surface area contributed by atoms with E-state index in [1.807, 2.05) is 0 Å². The van der Waals surface area contributed by atoms with Gasteiger partial charge in [-0.05, 0) is 38.0 Å². The molecule has 0 bridgehead atoms. The molecule has 1 aliphatic carbocycles. The SMILES string of the molecule is CCCC1CCC(C#N)(C2(O)CCOC(CC)C2)CC1. The highest BCUT2D eigenvalue weighted by Crippen LogP contribution is 2.51. The summed E-state index contributed by atoms with van der Waals surface area (Å²) < 4.78 is 5.69. The van der Waals surface area contributed by atoms with Gasteiger partial charge in [-0.25, -0.2) is 0 Å². The normalized spacial score (nSPS) is 42.1. The van der Waals surface area contributed by atoms with Crippen molar-refractivity contribution in [2.45, 2.75) is 83.3 Å². The van der Waals surface area contributed by atoms with Crippen molar-refractivity contribution in [3.63, 3.8) is 0 Å². The lowest BCUT2D eigenvalue weighted by Crippen LogP contribution is -2.54. The van der Waals surface area contributed by atoms with Crippen molar-refractivity contribution < 1.29 is 9.84 Å². The summed E-state index contributed by atoms with van der Waals surface area (Å²) in [6, 6.07) is 2.53. The van der Waals surface area contributed by atoms with Gasteiger partial charge in [-0.1, -0.05) is 26.7 Å². The Bertz CT molecular complexity index is 354. The average molecular weight is 279 g/mol. The molecular formula is C17H29NO2. The first kappa shape index (κ1) is 15.8. The van der Waals surface area contributed by atoms with Gasteiger partial charge in [-0.3, -0.25) is 0 Å². The zero-order chi connectivity index (χ0) is 14.6. The van der Waals surface area contributed by atoms with E-state index in [0.29, 0.717) is 19.4 Å². The van der Waals surface area contributed by atoms with Crippen LogP contribution in [0.1, 0.15) is 71.6 Å². The Morgan fingerprint density at radius 1 is 1.25 bits per heavy atom. The van der Waals surface area contributed by atoms with Crippen LogP contribution in [0.15, 0.2) is 0 Å². The molecule has 2 unspecified atom stereocenters. The lowest BCUT2D eigenvalue weighted by molar-refractivity contribution is -0.162. The van der Waals surface area contributed by atoms with Gasteiger partial charge in [-0.2, -0.15) is 5.26 Å². The van der Waals surface area contributed by atoms with Gasteiger partial charge in [-0.15, -0.1) is 0 Å². The maximum atomic E-state index is 11.2. The number of hydrogen-bond donors (Lipinski definition) is 1. The van der Waals surface area contributed by atoms with Gasteiger partial charge in [0, 0.05) is 19.4 Å². The number of nitrogens with zero attached hydrogens (tertiary/aromatic N) is 1. The fourth-order valence-corrected chi connectivity index (χ4v) is 4.18. The van der Waals surface area contributed by atoms with E-state index in [1.165, 1.54) is 12.8 Å². The molecule has 2 fully saturated rings. The summed E-state index contributed by atoms with van der Waals surface area (Å²) >= 11 is 0. The van der Waals surface area contributed by atoms with Crippen molar-refractivity contribution in [1.29, 1.82) is 5.26 Å². The minimum Gasteiger partial charge on any atom is -0.388 e. The highest BCUT2D eigenvalue weighted by Gasteiger charge is 2.54. The van der Waals surface area contributed by atoms with Gasteiger partial charge in [0.1, 0.15) is 0 Å². The standard InChI is InChI=1S/C17H29NO2/c1-3-5-14-6-8-16(13-18,9-7-14)17(19)10-11-20-15(4-2)12-17/h14-15,19H,3-12H2,1-2H3. The molecule has 2 rings (SSSR count). The Labute approximate surface area is 123 Å². The first-order chi connectivity index (χ1) is 9.59. The van der Waals surface area contributed by atoms with Gasteiger partial charge in [0.2, 0.25) is 0 Å². The van der Waals surface area contributed by atoms with Crippen LogP contribution in [-0.4, -0.2) is 23.4 Å². The monoisotopic (exact) mass is 279 g/mol. The molecule has 1 saturated carbocycles. The summed E-state index contributed by atoms with van der Waals surface area (Å²) in [5.74, 6) is 0.756. The summed E-state index contributed by atoms with van der Waals surface area (Å²) in [7, 11) is 0. The van der Waals surface area contributed by atoms with Crippen LogP contribution in [0.3, 0.4) is 0 Å². The predicted molar refractivity (Wildman–Crippen MR) is 79.1 cm³/mol. The minimum atomic E-state index is -0.835. The third kappa shape index (κ3) is 2.87. The third-order valence-electron chi connectivity index (χ3n) is 5.65. The molecule has 114 valence electrons. The van der Waals surface area contributed by atoms with Crippen LogP contribution in [0.2, 0.25) is 0 Å². The first-order valence-electron chi connectivity index (χ1n) is 8.34. The van der Waals surface area contributed by atoms with Crippen LogP contribution in [0.4, 0.5) is 0 Å². The van der Waals surface area contributed by atoms with Crippen molar-refractivity contribution in [1.82, 2.24) is 0 Å². The highest BCUT2D eigenvalue weighted by molar-refractivity contribution is 5.14. The second-order valence-corrected chi connectivity index (χ2v) is 6.81. The van der Waals surface area contributed by atoms with Gasteiger partial charge < -0.3 is 9.84 Å². The lowest BCUT2D eigenvalue weighted by Gasteiger charge is -2.49. The average Bonchev–Trinajstić information content (AvgIpc) is 2.48. The number of hydrogen-bond acceptors (Lipinski definition) is 3. The summed E-state index contributed by atoms with van der Waals surface area (Å²) in [4.78, 5) is 0. The summed E-state index contributed by atoms with van der Waals surface area (Å²) in [6.07, 6.45) is 8.70. The number of aliphatic hydroxyl groups is 1. The van der Waals surface area contributed by atoms with E-state index in [-0.39, 0.29) is 6.10 Å². The largest absolute Gasteiger partial charge is 0.388 e. The molecule has 0 aromatic rings. The molecule has 3 heteroatoms. The second kappa shape index (κ2) is 6.45. The number of rotatable bonds is 4. The maximum Gasteiger partial charge on any atom is 0.0879 e.